The largest absolute Gasteiger partial charge is 0.374 e. The molecule has 3 nitrogen and oxygen atoms in total. The summed E-state index contributed by atoms with van der Waals surface area (Å²) in [5.74, 6) is 1.81. The number of morpholine rings is 1. The fraction of sp³-hybridized carbons (Fsp3) is 1.00. The van der Waals surface area contributed by atoms with Crippen LogP contribution in [-0.4, -0.2) is 50.3 Å². The molecule has 1 heterocycles. The van der Waals surface area contributed by atoms with Crippen LogP contribution in [0.3, 0.4) is 0 Å². The van der Waals surface area contributed by atoms with E-state index in [0.717, 1.165) is 44.1 Å². The molecule has 0 radical (unpaired) electrons. The molecule has 19 heavy (non-hydrogen) atoms. The van der Waals surface area contributed by atoms with E-state index in [9.17, 15) is 0 Å². The molecule has 0 spiro atoms. The molecule has 0 amide bonds. The highest BCUT2D eigenvalue weighted by atomic mass is 16.5. The topological polar surface area (TPSA) is 24.5 Å². The standard InChI is InChI=1S/C16H32N2O/c1-13(2)9-14-5-4-6-15(10-14)18-7-8-19-16(12-18)11-17-3/h13-17H,4-12H2,1-3H3. The van der Waals surface area contributed by atoms with Gasteiger partial charge in [0.2, 0.25) is 0 Å². The van der Waals surface area contributed by atoms with Gasteiger partial charge in [-0.15, -0.1) is 0 Å². The molecule has 1 saturated carbocycles. The first kappa shape index (κ1) is 15.3. The summed E-state index contributed by atoms with van der Waals surface area (Å²) in [6.07, 6.45) is 7.52. The van der Waals surface area contributed by atoms with Crippen molar-refractivity contribution in [2.75, 3.05) is 33.3 Å². The molecule has 3 heteroatoms. The Morgan fingerprint density at radius 1 is 1.32 bits per heavy atom. The van der Waals surface area contributed by atoms with Crippen molar-refractivity contribution in [3.63, 3.8) is 0 Å². The number of hydrogen-bond donors (Lipinski definition) is 1. The number of ether oxygens (including phenoxy) is 1. The summed E-state index contributed by atoms with van der Waals surface area (Å²) >= 11 is 0. The van der Waals surface area contributed by atoms with Gasteiger partial charge in [-0.1, -0.05) is 26.7 Å². The van der Waals surface area contributed by atoms with Crippen molar-refractivity contribution in [2.45, 2.75) is 58.1 Å². The highest BCUT2D eigenvalue weighted by molar-refractivity contribution is 4.84. The molecule has 2 aliphatic rings. The zero-order valence-corrected chi connectivity index (χ0v) is 13.0. The smallest absolute Gasteiger partial charge is 0.0826 e. The van der Waals surface area contributed by atoms with Gasteiger partial charge in [0.15, 0.2) is 0 Å². The summed E-state index contributed by atoms with van der Waals surface area (Å²) in [5.41, 5.74) is 0. The van der Waals surface area contributed by atoms with Crippen molar-refractivity contribution in [3.05, 3.63) is 0 Å². The second-order valence-electron chi connectivity index (χ2n) is 6.86. The normalized spacial score (nSPS) is 33.8. The maximum atomic E-state index is 5.83. The molecule has 0 aromatic rings. The van der Waals surface area contributed by atoms with Crippen molar-refractivity contribution in [3.8, 4) is 0 Å². The first-order valence-electron chi connectivity index (χ1n) is 8.19. The summed E-state index contributed by atoms with van der Waals surface area (Å²) in [6.45, 7) is 8.89. The summed E-state index contributed by atoms with van der Waals surface area (Å²) < 4.78 is 5.83. The Morgan fingerprint density at radius 2 is 2.16 bits per heavy atom. The van der Waals surface area contributed by atoms with Crippen LogP contribution in [0.15, 0.2) is 0 Å². The van der Waals surface area contributed by atoms with Gasteiger partial charge in [-0.05, 0) is 38.1 Å². The van der Waals surface area contributed by atoms with Crippen LogP contribution in [0, 0.1) is 11.8 Å². The molecule has 0 aromatic carbocycles. The minimum absolute atomic E-state index is 0.393. The van der Waals surface area contributed by atoms with E-state index < -0.39 is 0 Å². The Labute approximate surface area is 119 Å². The van der Waals surface area contributed by atoms with E-state index in [2.05, 4.69) is 24.1 Å². The lowest BCUT2D eigenvalue weighted by Gasteiger charge is -2.42. The molecule has 2 rings (SSSR count). The second-order valence-corrected chi connectivity index (χ2v) is 6.86. The van der Waals surface area contributed by atoms with Gasteiger partial charge >= 0.3 is 0 Å². The van der Waals surface area contributed by atoms with Gasteiger partial charge in [0.1, 0.15) is 0 Å². The quantitative estimate of drug-likeness (QED) is 0.829. The van der Waals surface area contributed by atoms with Crippen molar-refractivity contribution in [2.24, 2.45) is 11.8 Å². The monoisotopic (exact) mass is 268 g/mol. The minimum atomic E-state index is 0.393. The van der Waals surface area contributed by atoms with Gasteiger partial charge in [0, 0.05) is 25.7 Å². The maximum absolute atomic E-state index is 5.83. The lowest BCUT2D eigenvalue weighted by Crippen LogP contribution is -2.51. The molecule has 1 aliphatic heterocycles. The molecule has 3 unspecified atom stereocenters. The van der Waals surface area contributed by atoms with E-state index in [4.69, 9.17) is 4.74 Å². The van der Waals surface area contributed by atoms with Gasteiger partial charge < -0.3 is 10.1 Å². The Morgan fingerprint density at radius 3 is 2.89 bits per heavy atom. The highest BCUT2D eigenvalue weighted by Crippen LogP contribution is 2.32. The third-order valence-electron chi connectivity index (χ3n) is 4.68. The van der Waals surface area contributed by atoms with Crippen molar-refractivity contribution in [1.29, 1.82) is 0 Å². The van der Waals surface area contributed by atoms with Gasteiger partial charge in [0.05, 0.1) is 12.7 Å². The first-order chi connectivity index (χ1) is 9.19. The van der Waals surface area contributed by atoms with E-state index >= 15 is 0 Å². The second kappa shape index (κ2) is 7.61. The van der Waals surface area contributed by atoms with Gasteiger partial charge in [-0.25, -0.2) is 0 Å². The molecular weight excluding hydrogens is 236 g/mol. The number of nitrogens with zero attached hydrogens (tertiary/aromatic N) is 1. The first-order valence-corrected chi connectivity index (χ1v) is 8.19. The van der Waals surface area contributed by atoms with E-state index in [-0.39, 0.29) is 0 Å². The predicted octanol–water partition coefficient (Wildman–Crippen LogP) is 2.51. The average molecular weight is 268 g/mol. The number of likely N-dealkylation sites (N-methyl/N-ethyl adjacent to an activating group) is 1. The Bertz CT molecular complexity index is 255. The molecule has 0 bridgehead atoms. The number of rotatable bonds is 5. The van der Waals surface area contributed by atoms with Gasteiger partial charge in [-0.3, -0.25) is 4.90 Å². The molecule has 112 valence electrons. The van der Waals surface area contributed by atoms with Crippen LogP contribution in [0.1, 0.15) is 46.0 Å². The molecule has 1 aliphatic carbocycles. The maximum Gasteiger partial charge on any atom is 0.0826 e. The Kier molecular flexibility index (Phi) is 6.11. The lowest BCUT2D eigenvalue weighted by atomic mass is 9.80. The van der Waals surface area contributed by atoms with Crippen LogP contribution in [0.2, 0.25) is 0 Å². The van der Waals surface area contributed by atoms with Crippen LogP contribution in [0.4, 0.5) is 0 Å². The van der Waals surface area contributed by atoms with Crippen molar-refractivity contribution in [1.82, 2.24) is 10.2 Å². The summed E-state index contributed by atoms with van der Waals surface area (Å²) in [5, 5.41) is 3.24. The summed E-state index contributed by atoms with van der Waals surface area (Å²) in [7, 11) is 2.02. The average Bonchev–Trinajstić information content (AvgIpc) is 2.39. The van der Waals surface area contributed by atoms with Crippen molar-refractivity contribution >= 4 is 0 Å². The molecular formula is C16H32N2O. The molecule has 0 aromatic heterocycles. The van der Waals surface area contributed by atoms with E-state index in [1.54, 1.807) is 0 Å². The summed E-state index contributed by atoms with van der Waals surface area (Å²) in [6, 6.07) is 0.820. The fourth-order valence-corrected chi connectivity index (χ4v) is 3.90. The van der Waals surface area contributed by atoms with Crippen LogP contribution in [-0.2, 0) is 4.74 Å². The number of nitrogens with one attached hydrogen (secondary N) is 1. The van der Waals surface area contributed by atoms with Gasteiger partial charge in [-0.2, -0.15) is 0 Å². The van der Waals surface area contributed by atoms with Crippen LogP contribution in [0.25, 0.3) is 0 Å². The highest BCUT2D eigenvalue weighted by Gasteiger charge is 2.30. The van der Waals surface area contributed by atoms with E-state index in [1.807, 2.05) is 7.05 Å². The zero-order chi connectivity index (χ0) is 13.7. The van der Waals surface area contributed by atoms with Crippen LogP contribution in [0.5, 0.6) is 0 Å². The predicted molar refractivity (Wildman–Crippen MR) is 80.4 cm³/mol. The van der Waals surface area contributed by atoms with E-state index in [0.29, 0.717) is 6.10 Å². The minimum Gasteiger partial charge on any atom is -0.374 e. The Balaban J connectivity index is 1.82. The zero-order valence-electron chi connectivity index (χ0n) is 13.0. The summed E-state index contributed by atoms with van der Waals surface area (Å²) in [4.78, 5) is 2.71. The molecule has 2 fully saturated rings. The number of hydrogen-bond acceptors (Lipinski definition) is 3. The molecule has 1 saturated heterocycles. The SMILES string of the molecule is CNCC1CN(C2CCCC(CC(C)C)C2)CCO1. The van der Waals surface area contributed by atoms with Crippen LogP contribution < -0.4 is 5.32 Å². The lowest BCUT2D eigenvalue weighted by molar-refractivity contribution is -0.0498. The fourth-order valence-electron chi connectivity index (χ4n) is 3.90. The third-order valence-corrected chi connectivity index (χ3v) is 4.68. The van der Waals surface area contributed by atoms with Crippen LogP contribution >= 0.6 is 0 Å². The third kappa shape index (κ3) is 4.73. The molecule has 3 atom stereocenters. The van der Waals surface area contributed by atoms with Crippen molar-refractivity contribution < 1.29 is 4.74 Å². The van der Waals surface area contributed by atoms with Gasteiger partial charge in [0.25, 0.3) is 0 Å². The molecule has 1 N–H and O–H groups in total. The Hall–Kier alpha value is -0.120. The van der Waals surface area contributed by atoms with E-state index in [1.165, 1.54) is 32.1 Å².